The van der Waals surface area contributed by atoms with E-state index in [0.29, 0.717) is 27.4 Å². The van der Waals surface area contributed by atoms with Crippen LogP contribution >= 0.6 is 22.7 Å². The molecular weight excluding hydrogens is 296 g/mol. The molecule has 3 rings (SSSR count). The molecular formula is C12H10N4O2S2. The van der Waals surface area contributed by atoms with Gasteiger partial charge in [0, 0.05) is 10.8 Å². The van der Waals surface area contributed by atoms with E-state index < -0.39 is 0 Å². The SMILES string of the molecule is Nc1nc(CC(=O)Nc2nc(-c3ccco3)cs2)cs1. The van der Waals surface area contributed by atoms with Crippen LogP contribution in [0.25, 0.3) is 11.5 Å². The van der Waals surface area contributed by atoms with Crippen molar-refractivity contribution >= 4 is 38.8 Å². The summed E-state index contributed by atoms with van der Waals surface area (Å²) in [4.78, 5) is 20.2. The highest BCUT2D eigenvalue weighted by molar-refractivity contribution is 7.14. The number of amides is 1. The molecule has 0 fully saturated rings. The quantitative estimate of drug-likeness (QED) is 0.772. The maximum Gasteiger partial charge on any atom is 0.232 e. The molecule has 3 aromatic heterocycles. The molecule has 3 heterocycles. The fourth-order valence-corrected chi connectivity index (χ4v) is 2.88. The van der Waals surface area contributed by atoms with Crippen LogP contribution in [0.4, 0.5) is 10.3 Å². The van der Waals surface area contributed by atoms with E-state index in [9.17, 15) is 4.79 Å². The lowest BCUT2D eigenvalue weighted by Crippen LogP contribution is -2.14. The number of anilines is 2. The molecule has 0 radical (unpaired) electrons. The van der Waals surface area contributed by atoms with Crippen LogP contribution in [0.1, 0.15) is 5.69 Å². The minimum Gasteiger partial charge on any atom is -0.463 e. The number of furan rings is 1. The normalized spacial score (nSPS) is 10.6. The van der Waals surface area contributed by atoms with E-state index in [-0.39, 0.29) is 12.3 Å². The number of nitrogens with zero attached hydrogens (tertiary/aromatic N) is 2. The van der Waals surface area contributed by atoms with Crippen LogP contribution in [0, 0.1) is 0 Å². The Morgan fingerprint density at radius 3 is 2.95 bits per heavy atom. The number of nitrogens with one attached hydrogen (secondary N) is 1. The second-order valence-corrected chi connectivity index (χ2v) is 5.67. The first-order chi connectivity index (χ1) is 9.70. The van der Waals surface area contributed by atoms with E-state index in [4.69, 9.17) is 10.2 Å². The summed E-state index contributed by atoms with van der Waals surface area (Å²) in [5, 5.41) is 7.32. The summed E-state index contributed by atoms with van der Waals surface area (Å²) in [5.74, 6) is 0.504. The van der Waals surface area contributed by atoms with Gasteiger partial charge in [-0.1, -0.05) is 0 Å². The number of carbonyl (C=O) groups is 1. The molecule has 0 aliphatic heterocycles. The van der Waals surface area contributed by atoms with Crippen molar-refractivity contribution in [1.29, 1.82) is 0 Å². The van der Waals surface area contributed by atoms with Crippen molar-refractivity contribution in [2.75, 3.05) is 11.1 Å². The van der Waals surface area contributed by atoms with Gasteiger partial charge in [0.2, 0.25) is 5.91 Å². The Labute approximate surface area is 122 Å². The molecule has 0 aliphatic carbocycles. The third-order valence-corrected chi connectivity index (χ3v) is 3.92. The summed E-state index contributed by atoms with van der Waals surface area (Å²) in [6.07, 6.45) is 1.77. The molecule has 0 bridgehead atoms. The molecule has 3 aromatic rings. The van der Waals surface area contributed by atoms with Gasteiger partial charge < -0.3 is 15.5 Å². The number of nitrogens with two attached hydrogens (primary N) is 1. The highest BCUT2D eigenvalue weighted by atomic mass is 32.1. The molecule has 0 unspecified atom stereocenters. The van der Waals surface area contributed by atoms with Crippen molar-refractivity contribution in [3.05, 3.63) is 34.8 Å². The van der Waals surface area contributed by atoms with Gasteiger partial charge >= 0.3 is 0 Å². The first-order valence-corrected chi connectivity index (χ1v) is 7.46. The zero-order valence-corrected chi connectivity index (χ0v) is 11.8. The van der Waals surface area contributed by atoms with Crippen LogP contribution in [0.2, 0.25) is 0 Å². The molecule has 6 nitrogen and oxygen atoms in total. The van der Waals surface area contributed by atoms with Gasteiger partial charge in [-0.3, -0.25) is 4.79 Å². The molecule has 0 aliphatic rings. The van der Waals surface area contributed by atoms with E-state index >= 15 is 0 Å². The number of aromatic nitrogens is 2. The van der Waals surface area contributed by atoms with Crippen LogP contribution in [0.15, 0.2) is 33.6 Å². The zero-order chi connectivity index (χ0) is 13.9. The second kappa shape index (κ2) is 5.43. The van der Waals surface area contributed by atoms with Gasteiger partial charge in [0.15, 0.2) is 16.0 Å². The molecule has 0 atom stereocenters. The van der Waals surface area contributed by atoms with Crippen LogP contribution in [-0.2, 0) is 11.2 Å². The smallest absolute Gasteiger partial charge is 0.232 e. The van der Waals surface area contributed by atoms with Gasteiger partial charge in [0.05, 0.1) is 18.4 Å². The van der Waals surface area contributed by atoms with E-state index in [1.165, 1.54) is 22.7 Å². The molecule has 0 saturated carbocycles. The van der Waals surface area contributed by atoms with Gasteiger partial charge in [-0.2, -0.15) is 0 Å². The van der Waals surface area contributed by atoms with Gasteiger partial charge in [0.25, 0.3) is 0 Å². The van der Waals surface area contributed by atoms with Gasteiger partial charge in [0.1, 0.15) is 5.69 Å². The topological polar surface area (TPSA) is 94.0 Å². The Kier molecular flexibility index (Phi) is 3.48. The number of hydrogen-bond donors (Lipinski definition) is 2. The van der Waals surface area contributed by atoms with E-state index in [1.54, 1.807) is 17.7 Å². The van der Waals surface area contributed by atoms with E-state index in [1.807, 2.05) is 11.4 Å². The molecule has 8 heteroatoms. The molecule has 20 heavy (non-hydrogen) atoms. The van der Waals surface area contributed by atoms with E-state index in [0.717, 1.165) is 0 Å². The van der Waals surface area contributed by atoms with Crippen LogP contribution in [-0.4, -0.2) is 15.9 Å². The van der Waals surface area contributed by atoms with Crippen molar-refractivity contribution in [3.8, 4) is 11.5 Å². The van der Waals surface area contributed by atoms with Crippen molar-refractivity contribution in [1.82, 2.24) is 9.97 Å². The van der Waals surface area contributed by atoms with Crippen LogP contribution in [0.5, 0.6) is 0 Å². The summed E-state index contributed by atoms with van der Waals surface area (Å²) in [6.45, 7) is 0. The van der Waals surface area contributed by atoms with Gasteiger partial charge in [-0.25, -0.2) is 9.97 Å². The standard InChI is InChI=1S/C12H10N4O2S2/c13-11-14-7(5-19-11)4-10(17)16-12-15-8(6-20-12)9-2-1-3-18-9/h1-3,5-6H,4H2,(H2,13,14)(H,15,16,17). The first kappa shape index (κ1) is 12.8. The van der Waals surface area contributed by atoms with Crippen LogP contribution < -0.4 is 11.1 Å². The summed E-state index contributed by atoms with van der Waals surface area (Å²) >= 11 is 2.66. The predicted octanol–water partition coefficient (Wildman–Crippen LogP) is 2.62. The summed E-state index contributed by atoms with van der Waals surface area (Å²) in [5.41, 5.74) is 6.88. The largest absolute Gasteiger partial charge is 0.463 e. The number of rotatable bonds is 4. The number of nitrogen functional groups attached to an aromatic ring is 1. The Morgan fingerprint density at radius 2 is 2.25 bits per heavy atom. The summed E-state index contributed by atoms with van der Waals surface area (Å²) < 4.78 is 5.25. The van der Waals surface area contributed by atoms with Crippen LogP contribution in [0.3, 0.4) is 0 Å². The third-order valence-electron chi connectivity index (χ3n) is 2.44. The maximum absolute atomic E-state index is 11.8. The van der Waals surface area contributed by atoms with Crippen molar-refractivity contribution in [3.63, 3.8) is 0 Å². The van der Waals surface area contributed by atoms with E-state index in [2.05, 4.69) is 15.3 Å². The zero-order valence-electron chi connectivity index (χ0n) is 10.2. The molecule has 0 aromatic carbocycles. The monoisotopic (exact) mass is 306 g/mol. The molecule has 1 amide bonds. The second-order valence-electron chi connectivity index (χ2n) is 3.92. The van der Waals surface area contributed by atoms with Crippen molar-refractivity contribution < 1.29 is 9.21 Å². The fraction of sp³-hybridized carbons (Fsp3) is 0.0833. The third kappa shape index (κ3) is 2.86. The number of carbonyl (C=O) groups excluding carboxylic acids is 1. The highest BCUT2D eigenvalue weighted by Gasteiger charge is 2.11. The number of hydrogen-bond acceptors (Lipinski definition) is 7. The van der Waals surface area contributed by atoms with Crippen molar-refractivity contribution in [2.24, 2.45) is 0 Å². The lowest BCUT2D eigenvalue weighted by Gasteiger charge is -1.98. The first-order valence-electron chi connectivity index (χ1n) is 5.70. The van der Waals surface area contributed by atoms with Gasteiger partial charge in [-0.05, 0) is 12.1 Å². The average molecular weight is 306 g/mol. The summed E-state index contributed by atoms with van der Waals surface area (Å²) in [7, 11) is 0. The lowest BCUT2D eigenvalue weighted by molar-refractivity contribution is -0.115. The molecule has 0 spiro atoms. The molecule has 0 saturated heterocycles. The number of thiazole rings is 2. The highest BCUT2D eigenvalue weighted by Crippen LogP contribution is 2.25. The molecule has 3 N–H and O–H groups in total. The minimum atomic E-state index is -0.171. The Bertz CT molecular complexity index is 717. The maximum atomic E-state index is 11.8. The molecule has 102 valence electrons. The Hall–Kier alpha value is -2.19. The van der Waals surface area contributed by atoms with Crippen molar-refractivity contribution in [2.45, 2.75) is 6.42 Å². The predicted molar refractivity (Wildman–Crippen MR) is 78.7 cm³/mol. The van der Waals surface area contributed by atoms with Gasteiger partial charge in [-0.15, -0.1) is 22.7 Å². The summed E-state index contributed by atoms with van der Waals surface area (Å²) in [6, 6.07) is 3.61. The minimum absolute atomic E-state index is 0.171. The average Bonchev–Trinajstić information content (AvgIpc) is 3.10. The lowest BCUT2D eigenvalue weighted by atomic mass is 10.3. The fourth-order valence-electron chi connectivity index (χ4n) is 1.60. The Morgan fingerprint density at radius 1 is 1.35 bits per heavy atom. The Balaban J connectivity index is 1.64.